The van der Waals surface area contributed by atoms with Gasteiger partial charge < -0.3 is 19.5 Å². The van der Waals surface area contributed by atoms with E-state index in [9.17, 15) is 14.4 Å². The van der Waals surface area contributed by atoms with Crippen LogP contribution in [0.4, 0.5) is 4.79 Å². The molecule has 1 aliphatic heterocycles. The number of urea groups is 1. The zero-order valence-electron chi connectivity index (χ0n) is 15.8. The van der Waals surface area contributed by atoms with E-state index in [4.69, 9.17) is 14.2 Å². The summed E-state index contributed by atoms with van der Waals surface area (Å²) < 4.78 is 15.9. The Kier molecular flexibility index (Phi) is 6.44. The van der Waals surface area contributed by atoms with Crippen molar-refractivity contribution in [3.63, 3.8) is 0 Å². The van der Waals surface area contributed by atoms with Crippen molar-refractivity contribution in [3.05, 3.63) is 29.8 Å². The van der Waals surface area contributed by atoms with Gasteiger partial charge in [0.15, 0.2) is 17.6 Å². The Morgan fingerprint density at radius 3 is 2.48 bits per heavy atom. The summed E-state index contributed by atoms with van der Waals surface area (Å²) in [7, 11) is 0. The molecule has 1 aromatic rings. The second-order valence-corrected chi connectivity index (χ2v) is 7.01. The van der Waals surface area contributed by atoms with Crippen molar-refractivity contribution in [1.82, 2.24) is 10.6 Å². The highest BCUT2D eigenvalue weighted by molar-refractivity contribution is 5.98. The molecule has 0 radical (unpaired) electrons. The van der Waals surface area contributed by atoms with Crippen molar-refractivity contribution >= 4 is 24.0 Å². The number of amides is 3. The first-order valence-corrected chi connectivity index (χ1v) is 8.55. The van der Waals surface area contributed by atoms with Gasteiger partial charge in [-0.3, -0.25) is 10.1 Å². The van der Waals surface area contributed by atoms with Crippen molar-refractivity contribution in [3.8, 4) is 11.5 Å². The smallest absolute Gasteiger partial charge is 0.331 e. The number of imide groups is 1. The number of fused-ring (bicyclic) bond motifs is 1. The number of ether oxygens (including phenoxy) is 3. The first-order valence-electron chi connectivity index (χ1n) is 8.55. The standard InChI is InChI=1S/C19H24N2O6/c1-12(17(23)20-18(24)21-19(2,3)4)27-16(22)8-6-13-5-7-14-15(11-13)26-10-9-25-14/h5-8,11-12H,9-10H2,1-4H3,(H2,20,21,23,24)/b8-6+/t12-/m0/s1. The first-order chi connectivity index (χ1) is 12.6. The predicted octanol–water partition coefficient (Wildman–Crippen LogP) is 2.03. The average Bonchev–Trinajstić information content (AvgIpc) is 2.58. The molecule has 0 unspecified atom stereocenters. The minimum Gasteiger partial charge on any atom is -0.486 e. The van der Waals surface area contributed by atoms with Crippen LogP contribution >= 0.6 is 0 Å². The van der Waals surface area contributed by atoms with Crippen LogP contribution in [0.25, 0.3) is 6.08 Å². The normalized spacial score (nSPS) is 14.4. The van der Waals surface area contributed by atoms with E-state index in [0.29, 0.717) is 24.7 Å². The van der Waals surface area contributed by atoms with E-state index < -0.39 is 29.6 Å². The van der Waals surface area contributed by atoms with Crippen LogP contribution in [0.3, 0.4) is 0 Å². The lowest BCUT2D eigenvalue weighted by molar-refractivity contribution is -0.149. The van der Waals surface area contributed by atoms with Gasteiger partial charge in [0, 0.05) is 11.6 Å². The number of rotatable bonds is 4. The van der Waals surface area contributed by atoms with Crippen molar-refractivity contribution < 1.29 is 28.6 Å². The summed E-state index contributed by atoms with van der Waals surface area (Å²) in [5.41, 5.74) is 0.231. The van der Waals surface area contributed by atoms with Gasteiger partial charge in [-0.2, -0.15) is 0 Å². The summed E-state index contributed by atoms with van der Waals surface area (Å²) in [5.74, 6) is -0.157. The van der Waals surface area contributed by atoms with E-state index in [1.165, 1.54) is 19.1 Å². The first kappa shape index (κ1) is 20.3. The fourth-order valence-electron chi connectivity index (χ4n) is 2.18. The van der Waals surface area contributed by atoms with Gasteiger partial charge in [0.05, 0.1) is 0 Å². The molecule has 2 rings (SSSR count). The second-order valence-electron chi connectivity index (χ2n) is 7.01. The average molecular weight is 376 g/mol. The molecule has 3 amide bonds. The number of esters is 1. The Hall–Kier alpha value is -3.03. The zero-order chi connectivity index (χ0) is 20.0. The Bertz CT molecular complexity index is 751. The van der Waals surface area contributed by atoms with Gasteiger partial charge in [0.2, 0.25) is 0 Å². The van der Waals surface area contributed by atoms with Crippen molar-refractivity contribution in [1.29, 1.82) is 0 Å². The largest absolute Gasteiger partial charge is 0.486 e. The van der Waals surface area contributed by atoms with E-state index in [1.807, 2.05) is 0 Å². The Labute approximate surface area is 157 Å². The van der Waals surface area contributed by atoms with E-state index in [-0.39, 0.29) is 0 Å². The molecule has 8 nitrogen and oxygen atoms in total. The third-order valence-corrected chi connectivity index (χ3v) is 3.37. The molecular formula is C19H24N2O6. The van der Waals surface area contributed by atoms with Crippen molar-refractivity contribution in [2.75, 3.05) is 13.2 Å². The van der Waals surface area contributed by atoms with Crippen molar-refractivity contribution in [2.24, 2.45) is 0 Å². The molecule has 1 aliphatic rings. The van der Waals surface area contributed by atoms with E-state index in [0.717, 1.165) is 5.56 Å². The molecule has 0 saturated heterocycles. The molecule has 0 saturated carbocycles. The number of carbonyl (C=O) groups is 3. The molecule has 2 N–H and O–H groups in total. The van der Waals surface area contributed by atoms with Crippen LogP contribution in [-0.2, 0) is 14.3 Å². The lowest BCUT2D eigenvalue weighted by atomic mass is 10.1. The van der Waals surface area contributed by atoms with Gasteiger partial charge in [-0.25, -0.2) is 9.59 Å². The highest BCUT2D eigenvalue weighted by atomic mass is 16.6. The Balaban J connectivity index is 1.86. The predicted molar refractivity (Wildman–Crippen MR) is 98.4 cm³/mol. The minimum absolute atomic E-state index is 0.470. The van der Waals surface area contributed by atoms with Crippen LogP contribution in [0, 0.1) is 0 Å². The van der Waals surface area contributed by atoms with Crippen LogP contribution in [0.1, 0.15) is 33.3 Å². The molecular weight excluding hydrogens is 352 g/mol. The summed E-state index contributed by atoms with van der Waals surface area (Å²) in [4.78, 5) is 35.5. The maximum Gasteiger partial charge on any atom is 0.331 e. The molecule has 0 aliphatic carbocycles. The molecule has 146 valence electrons. The summed E-state index contributed by atoms with van der Waals surface area (Å²) in [6.07, 6.45) is 1.62. The molecule has 8 heteroatoms. The summed E-state index contributed by atoms with van der Waals surface area (Å²) >= 11 is 0. The number of benzene rings is 1. The number of hydrogen-bond donors (Lipinski definition) is 2. The topological polar surface area (TPSA) is 103 Å². The summed E-state index contributed by atoms with van der Waals surface area (Å²) in [6.45, 7) is 7.70. The van der Waals surface area contributed by atoms with E-state index in [1.54, 1.807) is 39.0 Å². The summed E-state index contributed by atoms with van der Waals surface area (Å²) in [5, 5.41) is 4.71. The lowest BCUT2D eigenvalue weighted by Gasteiger charge is -2.21. The molecule has 27 heavy (non-hydrogen) atoms. The molecule has 1 heterocycles. The van der Waals surface area contributed by atoms with E-state index >= 15 is 0 Å². The van der Waals surface area contributed by atoms with E-state index in [2.05, 4.69) is 10.6 Å². The molecule has 1 aromatic carbocycles. The SMILES string of the molecule is C[C@H](OC(=O)/C=C/c1ccc2c(c1)OCCO2)C(=O)NC(=O)NC(C)(C)C. The van der Waals surface area contributed by atoms with Gasteiger partial charge in [-0.15, -0.1) is 0 Å². The van der Waals surface area contributed by atoms with Crippen LogP contribution in [-0.4, -0.2) is 42.8 Å². The van der Waals surface area contributed by atoms with Gasteiger partial charge in [0.25, 0.3) is 5.91 Å². The van der Waals surface area contributed by atoms with Crippen molar-refractivity contribution in [2.45, 2.75) is 39.3 Å². The molecule has 0 bridgehead atoms. The van der Waals surface area contributed by atoms with Gasteiger partial charge >= 0.3 is 12.0 Å². The Morgan fingerprint density at radius 2 is 1.81 bits per heavy atom. The minimum atomic E-state index is -1.12. The highest BCUT2D eigenvalue weighted by Crippen LogP contribution is 2.31. The third kappa shape index (κ3) is 6.65. The maximum absolute atomic E-state index is 11.9. The fraction of sp³-hybridized carbons (Fsp3) is 0.421. The third-order valence-electron chi connectivity index (χ3n) is 3.37. The number of nitrogens with one attached hydrogen (secondary N) is 2. The quantitative estimate of drug-likeness (QED) is 0.616. The van der Waals surface area contributed by atoms with Crippen LogP contribution in [0.15, 0.2) is 24.3 Å². The highest BCUT2D eigenvalue weighted by Gasteiger charge is 2.21. The second kappa shape index (κ2) is 8.57. The van der Waals surface area contributed by atoms with Crippen LogP contribution < -0.4 is 20.1 Å². The zero-order valence-corrected chi connectivity index (χ0v) is 15.8. The molecule has 0 fully saturated rings. The molecule has 1 atom stereocenters. The Morgan fingerprint density at radius 1 is 1.15 bits per heavy atom. The monoisotopic (exact) mass is 376 g/mol. The molecule has 0 aromatic heterocycles. The lowest BCUT2D eigenvalue weighted by Crippen LogP contribution is -2.50. The summed E-state index contributed by atoms with van der Waals surface area (Å²) in [6, 6.07) is 4.61. The van der Waals surface area contributed by atoms with Crippen LogP contribution in [0.2, 0.25) is 0 Å². The van der Waals surface area contributed by atoms with Crippen LogP contribution in [0.5, 0.6) is 11.5 Å². The maximum atomic E-state index is 11.9. The number of carbonyl (C=O) groups excluding carboxylic acids is 3. The number of hydrogen-bond acceptors (Lipinski definition) is 6. The fourth-order valence-corrected chi connectivity index (χ4v) is 2.18. The molecule has 0 spiro atoms. The van der Waals surface area contributed by atoms with Gasteiger partial charge in [-0.05, 0) is 51.5 Å². The van der Waals surface area contributed by atoms with Gasteiger partial charge in [-0.1, -0.05) is 6.07 Å². The van der Waals surface area contributed by atoms with Gasteiger partial charge in [0.1, 0.15) is 13.2 Å².